The first-order valence-corrected chi connectivity index (χ1v) is 10.4. The summed E-state index contributed by atoms with van der Waals surface area (Å²) in [6, 6.07) is 4.94. The fraction of sp³-hybridized carbons (Fsp3) is 0.500. The van der Waals surface area contributed by atoms with E-state index < -0.39 is 21.9 Å². The first-order chi connectivity index (χ1) is 13.2. The Morgan fingerprint density at radius 3 is 2.86 bits per heavy atom. The van der Waals surface area contributed by atoms with E-state index in [-0.39, 0.29) is 6.04 Å². The second-order valence-corrected chi connectivity index (χ2v) is 10.0. The van der Waals surface area contributed by atoms with Gasteiger partial charge in [0.05, 0.1) is 30.5 Å². The molecule has 28 heavy (non-hydrogen) atoms. The smallest absolute Gasteiger partial charge is 0.238 e. The van der Waals surface area contributed by atoms with Crippen LogP contribution in [0.25, 0.3) is 10.9 Å². The van der Waals surface area contributed by atoms with E-state index in [1.54, 1.807) is 6.92 Å². The zero-order valence-electron chi connectivity index (χ0n) is 16.5. The summed E-state index contributed by atoms with van der Waals surface area (Å²) in [5, 5.41) is 0.767. The van der Waals surface area contributed by atoms with E-state index >= 15 is 0 Å². The van der Waals surface area contributed by atoms with Crippen molar-refractivity contribution in [1.29, 1.82) is 0 Å². The van der Waals surface area contributed by atoms with E-state index in [0.717, 1.165) is 17.6 Å². The zero-order valence-corrected chi connectivity index (χ0v) is 17.3. The lowest BCUT2D eigenvalue weighted by Gasteiger charge is -2.40. The first kappa shape index (κ1) is 19.4. The van der Waals surface area contributed by atoms with Gasteiger partial charge in [-0.3, -0.25) is 0 Å². The third kappa shape index (κ3) is 3.56. The number of hydrogen-bond donors (Lipinski definition) is 0. The average molecular weight is 405 g/mol. The molecule has 150 valence electrons. The van der Waals surface area contributed by atoms with Crippen LogP contribution in [0.15, 0.2) is 22.6 Å². The molecule has 8 heteroatoms. The predicted octanol–water partition coefficient (Wildman–Crippen LogP) is 3.24. The van der Waals surface area contributed by atoms with E-state index in [1.807, 2.05) is 26.8 Å². The molecule has 2 aliphatic heterocycles. The Morgan fingerprint density at radius 2 is 2.11 bits per heavy atom. The molecule has 1 unspecified atom stereocenters. The van der Waals surface area contributed by atoms with Crippen LogP contribution in [-0.2, 0) is 16.1 Å². The number of nitrogens with zero attached hydrogens (tertiary/aromatic N) is 3. The molecule has 0 aliphatic carbocycles. The summed E-state index contributed by atoms with van der Waals surface area (Å²) in [7, 11) is 0. The summed E-state index contributed by atoms with van der Waals surface area (Å²) in [5.74, 6) is 0.0983. The number of fused-ring (bicyclic) bond motifs is 4. The standard InChI is InChI=1S/C20H24FN3O3S/c1-12(23-28(25)20(2,3)4)15-7-13(21)8-17-16(15)9-18-19(22-17)27-11-14-10-26-6-5-24(14)18/h7-9,14H,5-6,10-11H2,1-4H3/t14-,28?/m0/s1. The van der Waals surface area contributed by atoms with E-state index in [9.17, 15) is 8.94 Å². The van der Waals surface area contributed by atoms with Crippen molar-refractivity contribution >= 4 is 33.7 Å². The second-order valence-electron chi connectivity index (χ2n) is 8.10. The molecule has 0 spiro atoms. The van der Waals surface area contributed by atoms with Crippen LogP contribution in [0.4, 0.5) is 10.1 Å². The zero-order chi connectivity index (χ0) is 20.1. The number of pyridine rings is 1. The highest BCUT2D eigenvalue weighted by Gasteiger charge is 2.32. The van der Waals surface area contributed by atoms with Crippen LogP contribution in [0.2, 0.25) is 0 Å². The van der Waals surface area contributed by atoms with Gasteiger partial charge in [-0.1, -0.05) is 4.40 Å². The molecule has 1 aromatic heterocycles. The Labute approximate surface area is 167 Å². The van der Waals surface area contributed by atoms with Crippen molar-refractivity contribution in [2.45, 2.75) is 38.5 Å². The van der Waals surface area contributed by atoms with Gasteiger partial charge in [-0.2, -0.15) is 0 Å². The van der Waals surface area contributed by atoms with Gasteiger partial charge < -0.3 is 18.9 Å². The Kier molecular flexibility index (Phi) is 4.97. The topological polar surface area (TPSA) is 70.0 Å². The van der Waals surface area contributed by atoms with Crippen LogP contribution in [-0.4, -0.2) is 52.4 Å². The number of morpholine rings is 1. The van der Waals surface area contributed by atoms with Crippen LogP contribution in [0, 0.1) is 5.82 Å². The largest absolute Gasteiger partial charge is 0.591 e. The van der Waals surface area contributed by atoms with Gasteiger partial charge >= 0.3 is 0 Å². The minimum Gasteiger partial charge on any atom is -0.591 e. The highest BCUT2D eigenvalue weighted by molar-refractivity contribution is 7.91. The molecule has 3 heterocycles. The van der Waals surface area contributed by atoms with E-state index in [2.05, 4.69) is 14.3 Å². The quantitative estimate of drug-likeness (QED) is 0.567. The third-order valence-corrected chi connectivity index (χ3v) is 6.42. The Balaban J connectivity index is 1.84. The molecular weight excluding hydrogens is 381 g/mol. The van der Waals surface area contributed by atoms with Gasteiger partial charge in [0.1, 0.15) is 34.2 Å². The molecule has 0 bridgehead atoms. The molecule has 2 aliphatic rings. The normalized spacial score (nSPS) is 21.1. The maximum absolute atomic E-state index is 14.3. The molecule has 2 aromatic rings. The van der Waals surface area contributed by atoms with Gasteiger partial charge in [-0.25, -0.2) is 9.37 Å². The lowest BCUT2D eigenvalue weighted by atomic mass is 10.0. The highest BCUT2D eigenvalue weighted by Crippen LogP contribution is 2.37. The average Bonchev–Trinajstić information content (AvgIpc) is 2.65. The van der Waals surface area contributed by atoms with Gasteiger partial charge in [0.2, 0.25) is 5.88 Å². The predicted molar refractivity (Wildman–Crippen MR) is 109 cm³/mol. The van der Waals surface area contributed by atoms with Crippen LogP contribution in [0.1, 0.15) is 33.3 Å². The first-order valence-electron chi connectivity index (χ1n) is 9.33. The molecule has 0 N–H and O–H groups in total. The number of anilines is 1. The summed E-state index contributed by atoms with van der Waals surface area (Å²) in [6.45, 7) is 9.84. The molecule has 6 nitrogen and oxygen atoms in total. The maximum Gasteiger partial charge on any atom is 0.238 e. The molecule has 1 aromatic carbocycles. The number of ether oxygens (including phenoxy) is 2. The van der Waals surface area contributed by atoms with Crippen LogP contribution in [0.5, 0.6) is 5.88 Å². The van der Waals surface area contributed by atoms with Gasteiger partial charge in [0.15, 0.2) is 0 Å². The second kappa shape index (κ2) is 7.17. The number of rotatable bonds is 2. The molecule has 0 saturated carbocycles. The summed E-state index contributed by atoms with van der Waals surface area (Å²) >= 11 is -1.43. The van der Waals surface area contributed by atoms with Gasteiger partial charge in [-0.15, -0.1) is 0 Å². The lowest BCUT2D eigenvalue weighted by Crippen LogP contribution is -2.51. The fourth-order valence-electron chi connectivity index (χ4n) is 3.42. The molecule has 1 fully saturated rings. The molecule has 1 saturated heterocycles. The van der Waals surface area contributed by atoms with Crippen LogP contribution in [0.3, 0.4) is 0 Å². The summed E-state index contributed by atoms with van der Waals surface area (Å²) in [6.07, 6.45) is 0. The molecule has 0 amide bonds. The molecule has 2 atom stereocenters. The van der Waals surface area contributed by atoms with Crippen molar-refractivity contribution < 1.29 is 18.4 Å². The summed E-state index contributed by atoms with van der Waals surface area (Å²) < 4.78 is 42.0. The summed E-state index contributed by atoms with van der Waals surface area (Å²) in [4.78, 5) is 6.80. The Morgan fingerprint density at radius 1 is 1.32 bits per heavy atom. The van der Waals surface area contributed by atoms with Crippen molar-refractivity contribution in [1.82, 2.24) is 4.98 Å². The molecule has 0 radical (unpaired) electrons. The lowest BCUT2D eigenvalue weighted by molar-refractivity contribution is 0.0694. The molecular formula is C20H24FN3O3S. The molecule has 4 rings (SSSR count). The van der Waals surface area contributed by atoms with Crippen molar-refractivity contribution in [3.63, 3.8) is 0 Å². The highest BCUT2D eigenvalue weighted by atomic mass is 32.2. The van der Waals surface area contributed by atoms with Crippen molar-refractivity contribution in [2.24, 2.45) is 4.40 Å². The van der Waals surface area contributed by atoms with Crippen LogP contribution < -0.4 is 9.64 Å². The van der Waals surface area contributed by atoms with E-state index in [0.29, 0.717) is 42.5 Å². The monoisotopic (exact) mass is 405 g/mol. The minimum absolute atomic E-state index is 0.146. The van der Waals surface area contributed by atoms with E-state index in [1.165, 1.54) is 12.1 Å². The maximum atomic E-state index is 14.3. The van der Waals surface area contributed by atoms with Gasteiger partial charge in [-0.05, 0) is 39.8 Å². The van der Waals surface area contributed by atoms with Gasteiger partial charge in [0, 0.05) is 23.6 Å². The van der Waals surface area contributed by atoms with Crippen molar-refractivity contribution in [3.8, 4) is 5.88 Å². The van der Waals surface area contributed by atoms with E-state index in [4.69, 9.17) is 9.47 Å². The SMILES string of the molecule is CC(=N[S+]([O-])C(C)(C)C)c1cc(F)cc2nc3c(cc12)N1CCOC[C@H]1CO3. The Hall–Kier alpha value is -1.90. The third-order valence-electron chi connectivity index (χ3n) is 4.93. The van der Waals surface area contributed by atoms with Crippen LogP contribution >= 0.6 is 0 Å². The number of hydrogen-bond acceptors (Lipinski definition) is 6. The minimum atomic E-state index is -1.43. The number of halogens is 1. The van der Waals surface area contributed by atoms with Crippen molar-refractivity contribution in [3.05, 3.63) is 29.6 Å². The number of aromatic nitrogens is 1. The number of benzene rings is 1. The fourth-order valence-corrected chi connectivity index (χ4v) is 4.04. The van der Waals surface area contributed by atoms with Gasteiger partial charge in [0.25, 0.3) is 0 Å². The summed E-state index contributed by atoms with van der Waals surface area (Å²) in [5.41, 5.74) is 2.49. The van der Waals surface area contributed by atoms with Crippen molar-refractivity contribution in [2.75, 3.05) is 31.3 Å². The Bertz CT molecular complexity index is 944.